The standard InChI is InChI=1S/C47H28N2S2/c1-3-13-29(14-4-1)40-28-41(49-46(48-40)30-15-5-2-6-16-30)31-23-24-42-34(25-31)35-26-45-39(27-44(35)50-42)47(38-21-11-12-22-43(38)51-45)36-19-9-7-17-32(36)33-18-8-10-20-37(33)47/h1-28H. The number of fused-ring (bicyclic) bond motifs is 12. The third-order valence-electron chi connectivity index (χ3n) is 10.6. The summed E-state index contributed by atoms with van der Waals surface area (Å²) in [5.74, 6) is 0.730. The van der Waals surface area contributed by atoms with E-state index in [0.717, 1.165) is 33.9 Å². The first-order chi connectivity index (χ1) is 25.3. The Morgan fingerprint density at radius 2 is 0.980 bits per heavy atom. The van der Waals surface area contributed by atoms with Gasteiger partial charge in [0.1, 0.15) is 0 Å². The normalized spacial score (nSPS) is 13.6. The zero-order chi connectivity index (χ0) is 33.5. The van der Waals surface area contributed by atoms with Crippen LogP contribution in [0.25, 0.3) is 65.2 Å². The highest BCUT2D eigenvalue weighted by molar-refractivity contribution is 7.99. The fourth-order valence-corrected chi connectivity index (χ4v) is 10.7. The maximum atomic E-state index is 5.14. The summed E-state index contributed by atoms with van der Waals surface area (Å²) in [6.45, 7) is 0. The average molecular weight is 685 g/mol. The molecule has 3 heterocycles. The molecule has 2 aliphatic rings. The Labute approximate surface area is 304 Å². The van der Waals surface area contributed by atoms with E-state index in [4.69, 9.17) is 9.97 Å². The maximum Gasteiger partial charge on any atom is 0.160 e. The summed E-state index contributed by atoms with van der Waals surface area (Å²) in [4.78, 5) is 12.8. The van der Waals surface area contributed by atoms with E-state index in [1.165, 1.54) is 63.3 Å². The Hall–Kier alpha value is -5.81. The van der Waals surface area contributed by atoms with Crippen molar-refractivity contribution in [1.29, 1.82) is 0 Å². The van der Waals surface area contributed by atoms with Crippen LogP contribution in [0, 0.1) is 0 Å². The highest BCUT2D eigenvalue weighted by Crippen LogP contribution is 2.62. The Bertz CT molecular complexity index is 2730. The van der Waals surface area contributed by atoms with E-state index >= 15 is 0 Å². The number of rotatable bonds is 3. The summed E-state index contributed by atoms with van der Waals surface area (Å²) in [7, 11) is 0. The van der Waals surface area contributed by atoms with Gasteiger partial charge in [0.15, 0.2) is 5.82 Å². The van der Waals surface area contributed by atoms with E-state index in [-0.39, 0.29) is 5.41 Å². The fourth-order valence-electron chi connectivity index (χ4n) is 8.35. The van der Waals surface area contributed by atoms with E-state index in [2.05, 4.69) is 146 Å². The molecule has 0 unspecified atom stereocenters. The summed E-state index contributed by atoms with van der Waals surface area (Å²) < 4.78 is 2.58. The molecule has 0 fully saturated rings. The van der Waals surface area contributed by atoms with E-state index < -0.39 is 0 Å². The van der Waals surface area contributed by atoms with Gasteiger partial charge >= 0.3 is 0 Å². The van der Waals surface area contributed by atoms with Gasteiger partial charge in [0.2, 0.25) is 0 Å². The molecule has 0 atom stereocenters. The zero-order valence-electron chi connectivity index (χ0n) is 27.4. The van der Waals surface area contributed by atoms with Crippen molar-refractivity contribution < 1.29 is 0 Å². The lowest BCUT2D eigenvalue weighted by atomic mass is 9.67. The first-order valence-electron chi connectivity index (χ1n) is 17.2. The molecule has 2 aromatic heterocycles. The topological polar surface area (TPSA) is 25.8 Å². The minimum absolute atomic E-state index is 0.372. The van der Waals surface area contributed by atoms with Gasteiger partial charge in [0.25, 0.3) is 0 Å². The van der Waals surface area contributed by atoms with Gasteiger partial charge in [-0.15, -0.1) is 11.3 Å². The van der Waals surface area contributed by atoms with Crippen molar-refractivity contribution in [2.24, 2.45) is 0 Å². The molecule has 0 saturated heterocycles. The van der Waals surface area contributed by atoms with Gasteiger partial charge in [-0.3, -0.25) is 0 Å². The molecule has 0 bridgehead atoms. The van der Waals surface area contributed by atoms with Crippen LogP contribution in [0.1, 0.15) is 22.3 Å². The Morgan fingerprint density at radius 1 is 0.392 bits per heavy atom. The second-order valence-corrected chi connectivity index (χ2v) is 15.5. The van der Waals surface area contributed by atoms with Gasteiger partial charge in [0, 0.05) is 46.7 Å². The van der Waals surface area contributed by atoms with Gasteiger partial charge in [-0.25, -0.2) is 9.97 Å². The molecule has 1 aliphatic carbocycles. The van der Waals surface area contributed by atoms with Crippen LogP contribution in [0.2, 0.25) is 0 Å². The lowest BCUT2D eigenvalue weighted by molar-refractivity contribution is 0.724. The molecular weight excluding hydrogens is 657 g/mol. The van der Waals surface area contributed by atoms with Crippen molar-refractivity contribution in [3.8, 4) is 45.0 Å². The molecule has 4 heteroatoms. The van der Waals surface area contributed by atoms with E-state index in [1.54, 1.807) is 0 Å². The molecule has 9 aromatic rings. The van der Waals surface area contributed by atoms with Crippen molar-refractivity contribution in [2.45, 2.75) is 15.2 Å². The third-order valence-corrected chi connectivity index (χ3v) is 12.8. The van der Waals surface area contributed by atoms with Crippen molar-refractivity contribution in [2.75, 3.05) is 0 Å². The summed E-state index contributed by atoms with van der Waals surface area (Å²) in [6.07, 6.45) is 0. The SMILES string of the molecule is c1ccc(-c2cc(-c3ccc4sc5cc6c(cc5c4c3)Sc3ccccc3C63c4ccccc4-c4ccccc43)nc(-c3ccccc3)n2)cc1. The molecule has 0 saturated carbocycles. The van der Waals surface area contributed by atoms with Gasteiger partial charge in [-0.05, 0) is 69.8 Å². The predicted octanol–water partition coefficient (Wildman–Crippen LogP) is 12.7. The number of hydrogen-bond acceptors (Lipinski definition) is 4. The quantitative estimate of drug-likeness (QED) is 0.185. The third kappa shape index (κ3) is 4.24. The average Bonchev–Trinajstić information content (AvgIpc) is 3.71. The zero-order valence-corrected chi connectivity index (χ0v) is 29.0. The van der Waals surface area contributed by atoms with Crippen molar-refractivity contribution >= 4 is 43.3 Å². The molecule has 0 N–H and O–H groups in total. The molecule has 0 radical (unpaired) electrons. The molecule has 1 spiro atoms. The first-order valence-corrected chi connectivity index (χ1v) is 18.9. The fraction of sp³-hybridized carbons (Fsp3) is 0.0213. The molecule has 51 heavy (non-hydrogen) atoms. The lowest BCUT2D eigenvalue weighted by Gasteiger charge is -2.39. The molecular formula is C47H28N2S2. The minimum atomic E-state index is -0.372. The molecule has 0 amide bonds. The molecule has 11 rings (SSSR count). The van der Waals surface area contributed by atoms with E-state index in [9.17, 15) is 0 Å². The van der Waals surface area contributed by atoms with Crippen LogP contribution >= 0.6 is 23.1 Å². The summed E-state index contributed by atoms with van der Waals surface area (Å²) >= 11 is 3.79. The lowest BCUT2D eigenvalue weighted by Crippen LogP contribution is -2.31. The van der Waals surface area contributed by atoms with E-state index in [0.29, 0.717) is 0 Å². The number of nitrogens with zero attached hydrogens (tertiary/aromatic N) is 2. The van der Waals surface area contributed by atoms with Crippen LogP contribution in [0.4, 0.5) is 0 Å². The molecule has 7 aromatic carbocycles. The highest BCUT2D eigenvalue weighted by Gasteiger charge is 2.50. The van der Waals surface area contributed by atoms with Gasteiger partial charge in [0.05, 0.1) is 16.8 Å². The van der Waals surface area contributed by atoms with Gasteiger partial charge in [-0.1, -0.05) is 145 Å². The minimum Gasteiger partial charge on any atom is -0.228 e. The number of hydrogen-bond donors (Lipinski definition) is 0. The summed E-state index contributed by atoms with van der Waals surface area (Å²) in [5.41, 5.74) is 12.8. The maximum absolute atomic E-state index is 5.14. The van der Waals surface area contributed by atoms with Crippen molar-refractivity contribution in [1.82, 2.24) is 9.97 Å². The Morgan fingerprint density at radius 3 is 1.71 bits per heavy atom. The smallest absolute Gasteiger partial charge is 0.160 e. The van der Waals surface area contributed by atoms with Crippen LogP contribution in [-0.2, 0) is 5.41 Å². The van der Waals surface area contributed by atoms with Crippen LogP contribution in [0.3, 0.4) is 0 Å². The second kappa shape index (κ2) is 11.1. The van der Waals surface area contributed by atoms with Gasteiger partial charge < -0.3 is 0 Å². The predicted molar refractivity (Wildman–Crippen MR) is 213 cm³/mol. The highest BCUT2D eigenvalue weighted by atomic mass is 32.2. The monoisotopic (exact) mass is 684 g/mol. The van der Waals surface area contributed by atoms with Crippen molar-refractivity contribution in [3.63, 3.8) is 0 Å². The molecule has 238 valence electrons. The largest absolute Gasteiger partial charge is 0.228 e. The second-order valence-electron chi connectivity index (χ2n) is 13.3. The van der Waals surface area contributed by atoms with Crippen LogP contribution in [0.5, 0.6) is 0 Å². The number of aromatic nitrogens is 2. The van der Waals surface area contributed by atoms with Crippen LogP contribution in [0.15, 0.2) is 180 Å². The van der Waals surface area contributed by atoms with Crippen molar-refractivity contribution in [3.05, 3.63) is 192 Å². The first kappa shape index (κ1) is 29.0. The Kier molecular flexibility index (Phi) is 6.30. The van der Waals surface area contributed by atoms with Gasteiger partial charge in [-0.2, -0.15) is 0 Å². The summed E-state index contributed by atoms with van der Waals surface area (Å²) in [6, 6.07) is 61.7. The van der Waals surface area contributed by atoms with Crippen LogP contribution in [-0.4, -0.2) is 9.97 Å². The molecule has 1 aliphatic heterocycles. The Balaban J connectivity index is 1.13. The molecule has 2 nitrogen and oxygen atoms in total. The number of thiophene rings is 1. The van der Waals surface area contributed by atoms with Crippen LogP contribution < -0.4 is 0 Å². The number of benzene rings is 7. The summed E-state index contributed by atoms with van der Waals surface area (Å²) in [5, 5.41) is 2.55. The van der Waals surface area contributed by atoms with E-state index in [1.807, 2.05) is 47.4 Å².